The maximum atomic E-state index is 12.7. The molecule has 2 atom stereocenters. The van der Waals surface area contributed by atoms with E-state index in [4.69, 9.17) is 4.74 Å². The Morgan fingerprint density at radius 2 is 2.11 bits per heavy atom. The van der Waals surface area contributed by atoms with Crippen LogP contribution in [-0.2, 0) is 22.8 Å². The molecule has 1 aliphatic heterocycles. The number of amides is 1. The number of aryl methyl sites for hydroxylation is 1. The third-order valence-electron chi connectivity index (χ3n) is 4.78. The number of rotatable bonds is 7. The van der Waals surface area contributed by atoms with Crippen LogP contribution in [0.5, 0.6) is 0 Å². The number of alkyl halides is 3. The van der Waals surface area contributed by atoms with Gasteiger partial charge in [0.05, 0.1) is 24.4 Å². The van der Waals surface area contributed by atoms with E-state index in [9.17, 15) is 18.0 Å². The number of hydrogen-bond donors (Lipinski definition) is 1. The molecule has 28 heavy (non-hydrogen) atoms. The molecule has 7 nitrogen and oxygen atoms in total. The number of aromatic nitrogens is 3. The Labute approximate surface area is 160 Å². The van der Waals surface area contributed by atoms with E-state index in [0.29, 0.717) is 31.9 Å². The Kier molecular flexibility index (Phi) is 5.87. The monoisotopic (exact) mass is 397 g/mol. The van der Waals surface area contributed by atoms with Gasteiger partial charge in [0.2, 0.25) is 5.91 Å². The van der Waals surface area contributed by atoms with Gasteiger partial charge in [0.25, 0.3) is 0 Å². The van der Waals surface area contributed by atoms with Gasteiger partial charge in [-0.3, -0.25) is 9.48 Å². The zero-order valence-electron chi connectivity index (χ0n) is 15.6. The number of hydrogen-bond acceptors (Lipinski definition) is 5. The zero-order chi connectivity index (χ0) is 20.3. The van der Waals surface area contributed by atoms with Crippen molar-refractivity contribution in [3.63, 3.8) is 0 Å². The van der Waals surface area contributed by atoms with Crippen LogP contribution in [0, 0.1) is 5.92 Å². The van der Waals surface area contributed by atoms with E-state index in [-0.39, 0.29) is 17.9 Å². The molecule has 2 aromatic rings. The molecule has 152 valence electrons. The maximum Gasteiger partial charge on any atom is 0.417 e. The summed E-state index contributed by atoms with van der Waals surface area (Å²) < 4.78 is 44.8. The molecule has 0 spiro atoms. The van der Waals surface area contributed by atoms with Gasteiger partial charge in [-0.2, -0.15) is 18.3 Å². The summed E-state index contributed by atoms with van der Waals surface area (Å²) in [6.45, 7) is 1.28. The van der Waals surface area contributed by atoms with Gasteiger partial charge in [-0.1, -0.05) is 0 Å². The average molecular weight is 397 g/mol. The highest BCUT2D eigenvalue weighted by atomic mass is 19.4. The highest BCUT2D eigenvalue weighted by molar-refractivity contribution is 5.79. The van der Waals surface area contributed by atoms with Crippen molar-refractivity contribution in [1.29, 1.82) is 0 Å². The molecule has 0 saturated carbocycles. The molecule has 1 N–H and O–H groups in total. The number of carbonyl (C=O) groups excluding carboxylic acids is 1. The standard InChI is InChI=1S/C18H22F3N5O2/c1-25-11-13(9-24-25)17-12(7-16(27)26(17)5-6-28-2)8-22-15-4-3-14(10-23-15)18(19,20)21/h3-4,9-12,17H,5-8H2,1-2H3,(H,22,23)/t12-,17+/m1/s1. The number of halogens is 3. The van der Waals surface area contributed by atoms with Crippen LogP contribution in [0.1, 0.15) is 23.6 Å². The van der Waals surface area contributed by atoms with E-state index in [0.717, 1.165) is 17.8 Å². The predicted molar refractivity (Wildman–Crippen MR) is 95.4 cm³/mol. The predicted octanol–water partition coefficient (Wildman–Crippen LogP) is 2.48. The molecular weight excluding hydrogens is 375 g/mol. The van der Waals surface area contributed by atoms with Crippen LogP contribution < -0.4 is 5.32 Å². The lowest BCUT2D eigenvalue weighted by Crippen LogP contribution is -2.33. The zero-order valence-corrected chi connectivity index (χ0v) is 15.6. The van der Waals surface area contributed by atoms with Crippen molar-refractivity contribution < 1.29 is 22.7 Å². The van der Waals surface area contributed by atoms with Crippen molar-refractivity contribution in [1.82, 2.24) is 19.7 Å². The molecule has 1 saturated heterocycles. The number of ether oxygens (including phenoxy) is 1. The van der Waals surface area contributed by atoms with Crippen LogP contribution in [-0.4, -0.2) is 52.4 Å². The number of pyridine rings is 1. The third kappa shape index (κ3) is 4.44. The lowest BCUT2D eigenvalue weighted by molar-refractivity contribution is -0.137. The molecule has 0 bridgehead atoms. The van der Waals surface area contributed by atoms with Gasteiger partial charge in [0.1, 0.15) is 5.82 Å². The summed E-state index contributed by atoms with van der Waals surface area (Å²) >= 11 is 0. The molecule has 2 aromatic heterocycles. The quantitative estimate of drug-likeness (QED) is 0.777. The number of nitrogens with zero attached hydrogens (tertiary/aromatic N) is 4. The fourth-order valence-corrected chi connectivity index (χ4v) is 3.45. The second-order valence-corrected chi connectivity index (χ2v) is 6.75. The number of carbonyl (C=O) groups is 1. The van der Waals surface area contributed by atoms with Gasteiger partial charge in [0, 0.05) is 57.5 Å². The van der Waals surface area contributed by atoms with Gasteiger partial charge in [0.15, 0.2) is 0 Å². The molecule has 10 heteroatoms. The fraction of sp³-hybridized carbons (Fsp3) is 0.500. The van der Waals surface area contributed by atoms with Crippen molar-refractivity contribution in [2.45, 2.75) is 18.6 Å². The molecular formula is C18H22F3N5O2. The van der Waals surface area contributed by atoms with Crippen molar-refractivity contribution >= 4 is 11.7 Å². The summed E-state index contributed by atoms with van der Waals surface area (Å²) in [5.41, 5.74) is 0.115. The van der Waals surface area contributed by atoms with E-state index in [1.165, 1.54) is 6.07 Å². The molecule has 0 radical (unpaired) electrons. The minimum atomic E-state index is -4.42. The summed E-state index contributed by atoms with van der Waals surface area (Å²) in [5, 5.41) is 7.25. The molecule has 1 fully saturated rings. The molecule has 1 amide bonds. The second-order valence-electron chi connectivity index (χ2n) is 6.75. The summed E-state index contributed by atoms with van der Waals surface area (Å²) in [6, 6.07) is 2.10. The first-order valence-corrected chi connectivity index (χ1v) is 8.83. The Bertz CT molecular complexity index is 806. The first-order valence-electron chi connectivity index (χ1n) is 8.83. The van der Waals surface area contributed by atoms with Gasteiger partial charge in [-0.25, -0.2) is 4.98 Å². The molecule has 0 aliphatic carbocycles. The average Bonchev–Trinajstić information content (AvgIpc) is 3.20. The van der Waals surface area contributed by atoms with Crippen molar-refractivity contribution in [3.8, 4) is 0 Å². The van der Waals surface area contributed by atoms with Crippen LogP contribution in [0.15, 0.2) is 30.7 Å². The normalized spacial score (nSPS) is 20.0. The minimum Gasteiger partial charge on any atom is -0.383 e. The van der Waals surface area contributed by atoms with Gasteiger partial charge in [-0.05, 0) is 12.1 Å². The smallest absolute Gasteiger partial charge is 0.383 e. The van der Waals surface area contributed by atoms with E-state index in [2.05, 4.69) is 15.4 Å². The Balaban J connectivity index is 1.73. The van der Waals surface area contributed by atoms with Crippen LogP contribution in [0.4, 0.5) is 19.0 Å². The number of likely N-dealkylation sites (tertiary alicyclic amines) is 1. The lowest BCUT2D eigenvalue weighted by Gasteiger charge is -2.27. The molecule has 0 unspecified atom stereocenters. The lowest BCUT2D eigenvalue weighted by atomic mass is 9.95. The third-order valence-corrected chi connectivity index (χ3v) is 4.78. The summed E-state index contributed by atoms with van der Waals surface area (Å²) in [4.78, 5) is 18.1. The highest BCUT2D eigenvalue weighted by Crippen LogP contribution is 2.38. The van der Waals surface area contributed by atoms with Crippen molar-refractivity contribution in [2.24, 2.45) is 13.0 Å². The topological polar surface area (TPSA) is 72.3 Å². The summed E-state index contributed by atoms with van der Waals surface area (Å²) in [6.07, 6.45) is 0.304. The molecule has 3 rings (SSSR count). The number of methoxy groups -OCH3 is 1. The maximum absolute atomic E-state index is 12.7. The van der Waals surface area contributed by atoms with Gasteiger partial charge in [-0.15, -0.1) is 0 Å². The van der Waals surface area contributed by atoms with E-state index in [1.807, 2.05) is 6.20 Å². The summed E-state index contributed by atoms with van der Waals surface area (Å²) in [5.74, 6) is 0.274. The SMILES string of the molecule is COCCN1C(=O)C[C@H](CNc2ccc(C(F)(F)F)cn2)[C@H]1c1cnn(C)c1. The van der Waals surface area contributed by atoms with Crippen molar-refractivity contribution in [3.05, 3.63) is 41.9 Å². The van der Waals surface area contributed by atoms with Crippen LogP contribution in [0.3, 0.4) is 0 Å². The number of nitrogens with one attached hydrogen (secondary N) is 1. The Morgan fingerprint density at radius 3 is 2.68 bits per heavy atom. The Hall–Kier alpha value is -2.62. The van der Waals surface area contributed by atoms with Crippen LogP contribution in [0.25, 0.3) is 0 Å². The first kappa shape index (κ1) is 20.1. The largest absolute Gasteiger partial charge is 0.417 e. The molecule has 3 heterocycles. The van der Waals surface area contributed by atoms with Crippen LogP contribution >= 0.6 is 0 Å². The van der Waals surface area contributed by atoms with Gasteiger partial charge < -0.3 is 15.0 Å². The number of anilines is 1. The second kappa shape index (κ2) is 8.17. The molecule has 1 aliphatic rings. The van der Waals surface area contributed by atoms with E-state index < -0.39 is 11.7 Å². The minimum absolute atomic E-state index is 0.0121. The highest BCUT2D eigenvalue weighted by Gasteiger charge is 2.40. The first-order chi connectivity index (χ1) is 13.3. The van der Waals surface area contributed by atoms with Crippen molar-refractivity contribution in [2.75, 3.05) is 32.1 Å². The molecule has 0 aromatic carbocycles. The Morgan fingerprint density at radius 1 is 1.32 bits per heavy atom. The van der Waals surface area contributed by atoms with E-state index in [1.54, 1.807) is 29.9 Å². The van der Waals surface area contributed by atoms with E-state index >= 15 is 0 Å². The fourth-order valence-electron chi connectivity index (χ4n) is 3.45. The van der Waals surface area contributed by atoms with Gasteiger partial charge >= 0.3 is 6.18 Å². The summed E-state index contributed by atoms with van der Waals surface area (Å²) in [7, 11) is 3.38. The van der Waals surface area contributed by atoms with Crippen LogP contribution in [0.2, 0.25) is 0 Å².